The summed E-state index contributed by atoms with van der Waals surface area (Å²) < 4.78 is 6.71. The normalized spacial score (nSPS) is 14.5. The lowest BCUT2D eigenvalue weighted by molar-refractivity contribution is 0.647. The number of hydrogen-bond donors (Lipinski definition) is 0. The van der Waals surface area contributed by atoms with Gasteiger partial charge in [-0.2, -0.15) is 0 Å². The summed E-state index contributed by atoms with van der Waals surface area (Å²) in [4.78, 5) is 16.1. The van der Waals surface area contributed by atoms with Crippen LogP contribution in [0.5, 0.6) is 0 Å². The van der Waals surface area contributed by atoms with Crippen LogP contribution in [0.15, 0.2) is 168 Å². The lowest BCUT2D eigenvalue weighted by Crippen LogP contribution is -2.15. The fraction of sp³-hybridized carbons (Fsp3) is 0.105. The van der Waals surface area contributed by atoms with E-state index in [1.807, 2.05) is 0 Å². The number of aromatic nitrogens is 3. The maximum atomic E-state index is 6.71. The Morgan fingerprint density at radius 2 is 0.902 bits per heavy atom. The third kappa shape index (κ3) is 4.79. The quantitative estimate of drug-likeness (QED) is 0.168. The Bertz CT molecular complexity index is 3720. The van der Waals surface area contributed by atoms with Crippen LogP contribution in [0, 0.1) is 0 Å². The summed E-state index contributed by atoms with van der Waals surface area (Å²) in [5.74, 6) is 1.88. The number of furan rings is 1. The second kappa shape index (κ2) is 12.1. The number of benzene rings is 9. The molecule has 2 aliphatic carbocycles. The summed E-state index contributed by atoms with van der Waals surface area (Å²) in [6.45, 7) is 9.24. The molecule has 0 amide bonds. The molecule has 61 heavy (non-hydrogen) atoms. The first kappa shape index (κ1) is 34.4. The molecule has 0 saturated heterocycles. The van der Waals surface area contributed by atoms with Crippen molar-refractivity contribution in [2.75, 3.05) is 0 Å². The number of fused-ring (bicyclic) bond motifs is 14. The van der Waals surface area contributed by atoms with Gasteiger partial charge in [-0.05, 0) is 107 Å². The van der Waals surface area contributed by atoms with E-state index in [9.17, 15) is 0 Å². The van der Waals surface area contributed by atoms with E-state index >= 15 is 0 Å². The van der Waals surface area contributed by atoms with E-state index in [-0.39, 0.29) is 10.8 Å². The molecule has 0 fully saturated rings. The smallest absolute Gasteiger partial charge is 0.164 e. The van der Waals surface area contributed by atoms with E-state index in [0.29, 0.717) is 17.5 Å². The van der Waals surface area contributed by atoms with Crippen molar-refractivity contribution in [1.82, 2.24) is 15.0 Å². The first-order chi connectivity index (χ1) is 29.7. The minimum atomic E-state index is -0.168. The predicted molar refractivity (Wildman–Crippen MR) is 251 cm³/mol. The zero-order chi connectivity index (χ0) is 40.8. The van der Waals surface area contributed by atoms with Crippen LogP contribution in [-0.4, -0.2) is 15.0 Å². The number of nitrogens with zero attached hydrogens (tertiary/aromatic N) is 3. The van der Waals surface area contributed by atoms with E-state index in [0.717, 1.165) is 38.6 Å². The Morgan fingerprint density at radius 1 is 0.344 bits per heavy atom. The molecule has 0 aliphatic heterocycles. The SMILES string of the molecule is CC1(C)c2ccccc2-c2ccc(-c3nc(-c4ccc5ccc6c7ccccc7ccc6c5c4)nc(-c4cccc5oc6cc7c(cc6c45)-c4ccccc4C7(C)C)n3)cc21. The van der Waals surface area contributed by atoms with Gasteiger partial charge in [0.2, 0.25) is 0 Å². The average molecular weight is 782 g/mol. The fourth-order valence-corrected chi connectivity index (χ4v) is 10.8. The Kier molecular flexibility index (Phi) is 6.82. The lowest BCUT2D eigenvalue weighted by atomic mass is 9.82. The van der Waals surface area contributed by atoms with Crippen LogP contribution in [0.25, 0.3) is 111 Å². The molecule has 2 aromatic heterocycles. The van der Waals surface area contributed by atoms with E-state index in [2.05, 4.69) is 191 Å². The van der Waals surface area contributed by atoms with Crippen LogP contribution < -0.4 is 0 Å². The van der Waals surface area contributed by atoms with Crippen molar-refractivity contribution in [2.45, 2.75) is 38.5 Å². The Labute approximate surface area is 353 Å². The van der Waals surface area contributed by atoms with Crippen molar-refractivity contribution in [2.24, 2.45) is 0 Å². The van der Waals surface area contributed by atoms with Gasteiger partial charge >= 0.3 is 0 Å². The van der Waals surface area contributed by atoms with Crippen molar-refractivity contribution >= 4 is 54.3 Å². The zero-order valence-corrected chi connectivity index (χ0v) is 34.3. The number of rotatable bonds is 3. The third-order valence-electron chi connectivity index (χ3n) is 13.9. The first-order valence-corrected chi connectivity index (χ1v) is 21.2. The monoisotopic (exact) mass is 781 g/mol. The van der Waals surface area contributed by atoms with Crippen LogP contribution >= 0.6 is 0 Å². The molecule has 11 aromatic rings. The van der Waals surface area contributed by atoms with Gasteiger partial charge in [-0.3, -0.25) is 0 Å². The van der Waals surface area contributed by atoms with Gasteiger partial charge in [-0.1, -0.05) is 161 Å². The maximum absolute atomic E-state index is 6.71. The topological polar surface area (TPSA) is 51.8 Å². The van der Waals surface area contributed by atoms with Crippen LogP contribution in [0.3, 0.4) is 0 Å². The molecule has 0 saturated carbocycles. The van der Waals surface area contributed by atoms with Gasteiger partial charge in [0.05, 0.1) is 0 Å². The Morgan fingerprint density at radius 3 is 1.67 bits per heavy atom. The molecule has 4 heteroatoms. The largest absolute Gasteiger partial charge is 0.456 e. The zero-order valence-electron chi connectivity index (χ0n) is 34.3. The molecule has 0 unspecified atom stereocenters. The minimum Gasteiger partial charge on any atom is -0.456 e. The maximum Gasteiger partial charge on any atom is 0.164 e. The molecule has 2 aliphatic rings. The molecule has 0 spiro atoms. The number of hydrogen-bond acceptors (Lipinski definition) is 4. The minimum absolute atomic E-state index is 0.135. The second-order valence-corrected chi connectivity index (χ2v) is 18.0. The van der Waals surface area contributed by atoms with Crippen molar-refractivity contribution in [3.63, 3.8) is 0 Å². The molecule has 288 valence electrons. The fourth-order valence-electron chi connectivity index (χ4n) is 10.8. The molecular formula is C57H39N3O. The molecule has 4 nitrogen and oxygen atoms in total. The highest BCUT2D eigenvalue weighted by atomic mass is 16.3. The van der Waals surface area contributed by atoms with Crippen molar-refractivity contribution in [1.29, 1.82) is 0 Å². The lowest BCUT2D eigenvalue weighted by Gasteiger charge is -2.21. The van der Waals surface area contributed by atoms with Gasteiger partial charge in [0.1, 0.15) is 11.2 Å². The second-order valence-electron chi connectivity index (χ2n) is 18.0. The standard InChI is InChI=1S/C57H39N3O/c1-56(2)46-17-9-7-14-39(46)41-27-24-35(29-48(41)56)54-58-53(34-21-20-33-23-25-37-36-13-6-5-12-32(36)22-26-38(37)43(33)28-34)59-55(60-54)42-16-11-19-50-52(42)45-30-44-40-15-8-10-18-47(40)57(3,4)49(44)31-51(45)61-50/h5-31H,1-4H3. The molecule has 0 radical (unpaired) electrons. The molecule has 0 bridgehead atoms. The summed E-state index contributed by atoms with van der Waals surface area (Å²) in [6, 6.07) is 59.2. The van der Waals surface area contributed by atoms with Gasteiger partial charge in [-0.25, -0.2) is 15.0 Å². The Hall–Kier alpha value is -7.43. The van der Waals surface area contributed by atoms with Crippen LogP contribution in [0.1, 0.15) is 49.9 Å². The summed E-state index contributed by atoms with van der Waals surface area (Å²) in [7, 11) is 0. The molecule has 9 aromatic carbocycles. The molecule has 0 atom stereocenters. The summed E-state index contributed by atoms with van der Waals surface area (Å²) >= 11 is 0. The van der Waals surface area contributed by atoms with Crippen LogP contribution in [0.4, 0.5) is 0 Å². The predicted octanol–water partition coefficient (Wildman–Crippen LogP) is 14.8. The van der Waals surface area contributed by atoms with E-state index in [1.54, 1.807) is 0 Å². The van der Waals surface area contributed by atoms with Crippen LogP contribution in [-0.2, 0) is 10.8 Å². The van der Waals surface area contributed by atoms with Gasteiger partial charge in [-0.15, -0.1) is 0 Å². The summed E-state index contributed by atoms with van der Waals surface area (Å²) in [5.41, 5.74) is 14.5. The molecule has 0 N–H and O–H groups in total. The molecule has 2 heterocycles. The summed E-state index contributed by atoms with van der Waals surface area (Å²) in [6.07, 6.45) is 0. The van der Waals surface area contributed by atoms with Crippen LogP contribution in [0.2, 0.25) is 0 Å². The van der Waals surface area contributed by atoms with Crippen molar-refractivity contribution < 1.29 is 4.42 Å². The first-order valence-electron chi connectivity index (χ1n) is 21.2. The Balaban J connectivity index is 1.05. The van der Waals surface area contributed by atoms with Crippen molar-refractivity contribution in [3.05, 3.63) is 186 Å². The van der Waals surface area contributed by atoms with Gasteiger partial charge in [0, 0.05) is 38.3 Å². The highest BCUT2D eigenvalue weighted by Gasteiger charge is 2.37. The van der Waals surface area contributed by atoms with Gasteiger partial charge in [0.25, 0.3) is 0 Å². The highest BCUT2D eigenvalue weighted by Crippen LogP contribution is 2.52. The van der Waals surface area contributed by atoms with E-state index < -0.39 is 0 Å². The van der Waals surface area contributed by atoms with E-state index in [4.69, 9.17) is 19.4 Å². The third-order valence-corrected chi connectivity index (χ3v) is 13.9. The van der Waals surface area contributed by atoms with E-state index in [1.165, 1.54) is 76.8 Å². The highest BCUT2D eigenvalue weighted by molar-refractivity contribution is 6.18. The average Bonchev–Trinajstić information content (AvgIpc) is 3.86. The van der Waals surface area contributed by atoms with Gasteiger partial charge < -0.3 is 4.42 Å². The molecule has 13 rings (SSSR count). The van der Waals surface area contributed by atoms with Gasteiger partial charge in [0.15, 0.2) is 17.5 Å². The van der Waals surface area contributed by atoms with Crippen molar-refractivity contribution in [3.8, 4) is 56.4 Å². The molecular weight excluding hydrogens is 743 g/mol. The summed E-state index contributed by atoms with van der Waals surface area (Å²) in [5, 5.41) is 9.33.